The van der Waals surface area contributed by atoms with Crippen LogP contribution in [0.1, 0.15) is 38.1 Å². The topological polar surface area (TPSA) is 93.7 Å². The van der Waals surface area contributed by atoms with Gasteiger partial charge in [-0.05, 0) is 52.0 Å². The van der Waals surface area contributed by atoms with E-state index in [-0.39, 0.29) is 11.7 Å². The Morgan fingerprint density at radius 3 is 2.35 bits per heavy atom. The lowest BCUT2D eigenvalue weighted by Crippen LogP contribution is -2.33. The largest absolute Gasteiger partial charge is 0.462 e. The van der Waals surface area contributed by atoms with Crippen LogP contribution in [0, 0.1) is 0 Å². The van der Waals surface area contributed by atoms with Crippen molar-refractivity contribution in [2.45, 2.75) is 33.3 Å². The molecule has 0 aliphatic heterocycles. The number of amides is 2. The summed E-state index contributed by atoms with van der Waals surface area (Å²) in [5.74, 6) is 0.305. The predicted octanol–water partition coefficient (Wildman–Crippen LogP) is 3.06. The van der Waals surface area contributed by atoms with Gasteiger partial charge in [0.15, 0.2) is 0 Å². The number of nitrogens with one attached hydrogen (secondary N) is 2. The summed E-state index contributed by atoms with van der Waals surface area (Å²) in [4.78, 5) is 34.9. The minimum absolute atomic E-state index is 0.156. The minimum Gasteiger partial charge on any atom is -0.462 e. The third-order valence-corrected chi connectivity index (χ3v) is 3.79. The highest BCUT2D eigenvalue weighted by molar-refractivity contribution is 7.99. The number of rotatable bonds is 8. The van der Waals surface area contributed by atoms with Crippen LogP contribution in [0.3, 0.4) is 0 Å². The Balaban J connectivity index is 2.24. The third-order valence-electron chi connectivity index (χ3n) is 2.83. The standard InChI is InChI=1S/C18H26N2O5S/c1-5-24-16(22)13-6-8-14(9-7-13)20-15(21)12-26-11-10-19-17(23)25-18(2,3)4/h6-9H,5,10-12H2,1-4H3,(H,19,23)(H,20,21). The van der Waals surface area contributed by atoms with Crippen molar-refractivity contribution in [3.63, 3.8) is 0 Å². The lowest BCUT2D eigenvalue weighted by atomic mass is 10.2. The van der Waals surface area contributed by atoms with E-state index in [1.54, 1.807) is 52.0 Å². The molecule has 7 nitrogen and oxygen atoms in total. The number of anilines is 1. The zero-order chi connectivity index (χ0) is 19.6. The Labute approximate surface area is 158 Å². The minimum atomic E-state index is -0.528. The van der Waals surface area contributed by atoms with Crippen LogP contribution in [0.2, 0.25) is 0 Å². The third kappa shape index (κ3) is 9.31. The first-order chi connectivity index (χ1) is 12.2. The highest BCUT2D eigenvalue weighted by Gasteiger charge is 2.15. The maximum Gasteiger partial charge on any atom is 0.407 e. The molecule has 0 unspecified atom stereocenters. The highest BCUT2D eigenvalue weighted by atomic mass is 32.2. The highest BCUT2D eigenvalue weighted by Crippen LogP contribution is 2.11. The molecule has 0 spiro atoms. The zero-order valence-electron chi connectivity index (χ0n) is 15.6. The number of carbonyl (C=O) groups excluding carboxylic acids is 3. The van der Waals surface area contributed by atoms with E-state index in [1.165, 1.54) is 11.8 Å². The Kier molecular flexibility index (Phi) is 8.98. The number of ether oxygens (including phenoxy) is 2. The van der Waals surface area contributed by atoms with Crippen molar-refractivity contribution in [1.82, 2.24) is 5.32 Å². The normalized spacial score (nSPS) is 10.8. The average molecular weight is 382 g/mol. The molecule has 0 bridgehead atoms. The molecule has 0 heterocycles. The van der Waals surface area contributed by atoms with Gasteiger partial charge in [-0.15, -0.1) is 0 Å². The zero-order valence-corrected chi connectivity index (χ0v) is 16.4. The summed E-state index contributed by atoms with van der Waals surface area (Å²) in [6.45, 7) is 7.87. The fourth-order valence-electron chi connectivity index (χ4n) is 1.81. The van der Waals surface area contributed by atoms with Gasteiger partial charge in [0.05, 0.1) is 17.9 Å². The van der Waals surface area contributed by atoms with Crippen molar-refractivity contribution in [2.24, 2.45) is 0 Å². The van der Waals surface area contributed by atoms with Crippen molar-refractivity contribution in [2.75, 3.05) is 30.0 Å². The fraction of sp³-hybridized carbons (Fsp3) is 0.500. The van der Waals surface area contributed by atoms with Crippen LogP contribution >= 0.6 is 11.8 Å². The molecule has 1 rings (SSSR count). The van der Waals surface area contributed by atoms with Crippen LogP contribution in [-0.4, -0.2) is 48.2 Å². The summed E-state index contributed by atoms with van der Waals surface area (Å²) in [6, 6.07) is 6.51. The summed E-state index contributed by atoms with van der Waals surface area (Å²) >= 11 is 1.40. The number of alkyl carbamates (subject to hydrolysis) is 1. The quantitative estimate of drug-likeness (QED) is 0.530. The fourth-order valence-corrected chi connectivity index (χ4v) is 2.45. The molecule has 0 aliphatic rings. The van der Waals surface area contributed by atoms with Crippen molar-refractivity contribution in [3.05, 3.63) is 29.8 Å². The summed E-state index contributed by atoms with van der Waals surface area (Å²) in [5, 5.41) is 5.38. The van der Waals surface area contributed by atoms with E-state index in [2.05, 4.69) is 10.6 Å². The number of esters is 1. The maximum absolute atomic E-state index is 11.9. The van der Waals surface area contributed by atoms with Crippen molar-refractivity contribution < 1.29 is 23.9 Å². The molecule has 0 saturated carbocycles. The second-order valence-electron chi connectivity index (χ2n) is 6.33. The summed E-state index contributed by atoms with van der Waals surface area (Å²) in [6.07, 6.45) is -0.468. The van der Waals surface area contributed by atoms with Crippen LogP contribution in [0.5, 0.6) is 0 Å². The molecule has 1 aromatic carbocycles. The lowest BCUT2D eigenvalue weighted by Gasteiger charge is -2.19. The SMILES string of the molecule is CCOC(=O)c1ccc(NC(=O)CSCCNC(=O)OC(C)(C)C)cc1. The molecule has 0 saturated heterocycles. The number of carbonyl (C=O) groups is 3. The van der Waals surface area contributed by atoms with E-state index in [4.69, 9.17) is 9.47 Å². The Bertz CT molecular complexity index is 611. The molecule has 1 aromatic rings. The summed E-state index contributed by atoms with van der Waals surface area (Å²) in [7, 11) is 0. The van der Waals surface area contributed by atoms with Gasteiger partial charge in [-0.1, -0.05) is 0 Å². The van der Waals surface area contributed by atoms with E-state index in [9.17, 15) is 14.4 Å². The van der Waals surface area contributed by atoms with Crippen LogP contribution in [0.15, 0.2) is 24.3 Å². The van der Waals surface area contributed by atoms with Crippen LogP contribution in [0.4, 0.5) is 10.5 Å². The first-order valence-electron chi connectivity index (χ1n) is 8.33. The van der Waals surface area contributed by atoms with Crippen LogP contribution < -0.4 is 10.6 Å². The molecule has 2 N–H and O–H groups in total. The van der Waals surface area contributed by atoms with E-state index < -0.39 is 17.7 Å². The van der Waals surface area contributed by atoms with Gasteiger partial charge in [-0.25, -0.2) is 9.59 Å². The van der Waals surface area contributed by atoms with Gasteiger partial charge in [-0.2, -0.15) is 11.8 Å². The molecule has 8 heteroatoms. The van der Waals surface area contributed by atoms with E-state index in [1.807, 2.05) is 0 Å². The first-order valence-corrected chi connectivity index (χ1v) is 9.48. The van der Waals surface area contributed by atoms with Gasteiger partial charge < -0.3 is 20.1 Å². The van der Waals surface area contributed by atoms with E-state index in [0.717, 1.165) is 0 Å². The second-order valence-corrected chi connectivity index (χ2v) is 7.43. The molecule has 26 heavy (non-hydrogen) atoms. The van der Waals surface area contributed by atoms with Gasteiger partial charge in [0.1, 0.15) is 5.60 Å². The van der Waals surface area contributed by atoms with Crippen molar-refractivity contribution in [3.8, 4) is 0 Å². The smallest absolute Gasteiger partial charge is 0.407 e. The number of thioether (sulfide) groups is 1. The Hall–Kier alpha value is -2.22. The van der Waals surface area contributed by atoms with E-state index >= 15 is 0 Å². The second kappa shape index (κ2) is 10.7. The Morgan fingerprint density at radius 1 is 1.12 bits per heavy atom. The molecule has 0 aliphatic carbocycles. The molecule has 0 atom stereocenters. The van der Waals surface area contributed by atoms with Gasteiger partial charge in [0.25, 0.3) is 0 Å². The van der Waals surface area contributed by atoms with E-state index in [0.29, 0.717) is 30.2 Å². The summed E-state index contributed by atoms with van der Waals surface area (Å²) < 4.78 is 10.0. The van der Waals surface area contributed by atoms with Gasteiger partial charge in [-0.3, -0.25) is 4.79 Å². The van der Waals surface area contributed by atoms with Gasteiger partial charge in [0.2, 0.25) is 5.91 Å². The van der Waals surface area contributed by atoms with Crippen molar-refractivity contribution in [1.29, 1.82) is 0 Å². The number of benzene rings is 1. The van der Waals surface area contributed by atoms with Gasteiger partial charge in [0, 0.05) is 18.0 Å². The van der Waals surface area contributed by atoms with Crippen LogP contribution in [-0.2, 0) is 14.3 Å². The molecular weight excluding hydrogens is 356 g/mol. The molecule has 0 aromatic heterocycles. The molecule has 0 fully saturated rings. The van der Waals surface area contributed by atoms with Crippen molar-refractivity contribution >= 4 is 35.4 Å². The molecular formula is C18H26N2O5S. The molecule has 0 radical (unpaired) electrons. The first kappa shape index (κ1) is 21.8. The average Bonchev–Trinajstić information content (AvgIpc) is 2.53. The predicted molar refractivity (Wildman–Crippen MR) is 103 cm³/mol. The molecule has 2 amide bonds. The Morgan fingerprint density at radius 2 is 1.77 bits per heavy atom. The number of hydrogen-bond donors (Lipinski definition) is 2. The molecule has 144 valence electrons. The lowest BCUT2D eigenvalue weighted by molar-refractivity contribution is -0.113. The van der Waals surface area contributed by atoms with Crippen LogP contribution in [0.25, 0.3) is 0 Å². The van der Waals surface area contributed by atoms with Gasteiger partial charge >= 0.3 is 12.1 Å². The monoisotopic (exact) mass is 382 g/mol. The summed E-state index contributed by atoms with van der Waals surface area (Å²) in [5.41, 5.74) is 0.517. The number of hydrogen-bond acceptors (Lipinski definition) is 6. The maximum atomic E-state index is 11.9.